The maximum Gasteiger partial charge on any atom is 0.187 e. The summed E-state index contributed by atoms with van der Waals surface area (Å²) in [5, 5.41) is 0. The number of hydrogen-bond donors (Lipinski definition) is 0. The number of pyridine rings is 6. The number of hydrogen-bond acceptors (Lipinski definition) is 6. The fourth-order valence-electron chi connectivity index (χ4n) is 8.78. The Morgan fingerprint density at radius 3 is 1.16 bits per heavy atom. The first kappa shape index (κ1) is 92.0. The zero-order chi connectivity index (χ0) is 70.6. The Kier molecular flexibility index (Phi) is 39.5. The van der Waals surface area contributed by atoms with Crippen LogP contribution in [-0.2, 0) is 121 Å². The monoisotopic (exact) mass is 2490 g/mol. The standard InChI is InChI=1S/C19H11F2N2.C12H7F3N.3C12H8F2N.C11H6F2N.6Ir/c1-12-9-10-23-17(11-12)15-7-8-16(20)18(19(15)21)13-3-5-14(22-2)6-4-13;1-7-3-2-4-12(16-7)8-5-10(14)11(15)6-9(8)13;1-8-4-5-15-12(6-8)10-3-2-9(13)7-11(10)14;1-8-3-2-4-12(15-8)10-7-9(13)5-6-11(10)14;1-8-3-2-4-12(15-8)10-6-5-9(13)7-11(10)14;12-8-4-5-9(10(13)7-8)11-3-1-2-6-14-11;;;;;;/h3-6,8-11H,1H3;2-4,6H,1H3;2,4-7H,1H3;2-6H,1H3;2-5,7H,1H3;1-4,6-7H;;;;;;/q6*-1;;;;;;. The van der Waals surface area contributed by atoms with Crippen molar-refractivity contribution in [3.05, 3.63) is 352 Å². The van der Waals surface area contributed by atoms with Gasteiger partial charge in [-0.15, -0.1) is 66.7 Å². The Morgan fingerprint density at radius 2 is 0.731 bits per heavy atom. The predicted molar refractivity (Wildman–Crippen MR) is 346 cm³/mol. The topological polar surface area (TPSA) is 81.7 Å². The molecule has 7 nitrogen and oxygen atoms in total. The summed E-state index contributed by atoms with van der Waals surface area (Å²) in [7, 11) is 0. The largest absolute Gasteiger partial charge is 0.305 e. The van der Waals surface area contributed by atoms with E-state index in [0.29, 0.717) is 51.5 Å². The first-order valence-electron chi connectivity index (χ1n) is 29.0. The van der Waals surface area contributed by atoms with E-state index in [1.165, 1.54) is 30.3 Å². The number of halogens is 13. The molecule has 0 saturated heterocycles. The zero-order valence-corrected chi connectivity index (χ0v) is 68.5. The summed E-state index contributed by atoms with van der Waals surface area (Å²) in [5.74, 6) is -9.71. The van der Waals surface area contributed by atoms with E-state index in [0.717, 1.165) is 77.1 Å². The second-order valence-corrected chi connectivity index (χ2v) is 20.8. The van der Waals surface area contributed by atoms with Gasteiger partial charge in [0, 0.05) is 220 Å². The molecule has 0 spiro atoms. The van der Waals surface area contributed by atoms with Gasteiger partial charge in [0.1, 0.15) is 0 Å². The van der Waals surface area contributed by atoms with E-state index in [2.05, 4.69) is 65.1 Å². The SMILES string of the molecule is Cc1cccc(-c2[c-]c(F)c(F)cc2F)n1.Cc1cccc(-c2[c-]c(F)ccc2F)n1.Cc1cccc(-c2[c-]cc(F)cc2F)n1.Cc1ccnc(-c2[c-]cc(F)cc2F)c1.Fc1c[c-]c(-c2ccccn2)c(F)c1.[C-]#[N+]c1ccc(-c2c(F)c[c-]c(-c3cc(C)ccn3)c2F)cc1.[Ir].[Ir].[Ir].[Ir].[Ir].[Ir]. The Labute approximate surface area is 672 Å². The molecule has 0 saturated carbocycles. The first-order valence-corrected chi connectivity index (χ1v) is 29.0. The van der Waals surface area contributed by atoms with Crippen LogP contribution in [0.3, 0.4) is 0 Å². The van der Waals surface area contributed by atoms with Crippen LogP contribution in [0.25, 0.3) is 83.5 Å². The number of rotatable bonds is 7. The van der Waals surface area contributed by atoms with Crippen LogP contribution in [-0.4, -0.2) is 29.9 Å². The van der Waals surface area contributed by atoms with Crippen molar-refractivity contribution in [1.29, 1.82) is 0 Å². The molecule has 0 amide bonds. The van der Waals surface area contributed by atoms with Gasteiger partial charge in [-0.2, -0.15) is 0 Å². The first-order chi connectivity index (χ1) is 46.9. The van der Waals surface area contributed by atoms with E-state index < -0.39 is 75.6 Å². The molecule has 546 valence electrons. The maximum atomic E-state index is 14.8. The van der Waals surface area contributed by atoms with Crippen LogP contribution in [0.2, 0.25) is 0 Å². The molecular weight excluding hydrogens is 2440 g/mol. The number of benzene rings is 7. The van der Waals surface area contributed by atoms with Gasteiger partial charge in [0.2, 0.25) is 0 Å². The van der Waals surface area contributed by atoms with E-state index in [4.69, 9.17) is 6.57 Å². The molecule has 0 aliphatic heterocycles. The Morgan fingerprint density at radius 1 is 0.327 bits per heavy atom. The van der Waals surface area contributed by atoms with Crippen molar-refractivity contribution in [1.82, 2.24) is 29.9 Å². The minimum absolute atomic E-state index is 0. The molecule has 0 N–H and O–H groups in total. The second kappa shape index (κ2) is 44.7. The molecule has 0 bridgehead atoms. The summed E-state index contributed by atoms with van der Waals surface area (Å²) < 4.78 is 172. The number of aryl methyl sites for hydroxylation is 5. The van der Waals surface area contributed by atoms with Gasteiger partial charge in [0.15, 0.2) is 5.69 Å². The molecule has 26 heteroatoms. The second-order valence-electron chi connectivity index (χ2n) is 20.8. The van der Waals surface area contributed by atoms with Crippen LogP contribution in [0, 0.1) is 153 Å². The molecule has 0 aliphatic rings. The molecule has 0 atom stereocenters. The molecule has 13 aromatic rings. The molecule has 104 heavy (non-hydrogen) atoms. The third-order valence-electron chi connectivity index (χ3n) is 13.4. The molecule has 6 aromatic heterocycles. The summed E-state index contributed by atoms with van der Waals surface area (Å²) in [6.07, 6.45) is 4.71. The summed E-state index contributed by atoms with van der Waals surface area (Å²) in [4.78, 5) is 27.6. The smallest absolute Gasteiger partial charge is 0.187 e. The fraction of sp³-hybridized carbons (Fsp3) is 0.0641. The van der Waals surface area contributed by atoms with Gasteiger partial charge < -0.3 is 29.9 Å². The van der Waals surface area contributed by atoms with Crippen molar-refractivity contribution in [2.75, 3.05) is 0 Å². The van der Waals surface area contributed by atoms with Crippen molar-refractivity contribution in [2.45, 2.75) is 34.6 Å². The molecule has 7 aromatic carbocycles. The Balaban J connectivity index is 0.000000423. The van der Waals surface area contributed by atoms with Gasteiger partial charge in [0.05, 0.1) is 18.2 Å². The van der Waals surface area contributed by atoms with E-state index in [1.807, 2.05) is 39.0 Å². The van der Waals surface area contributed by atoms with Crippen molar-refractivity contribution in [2.24, 2.45) is 0 Å². The number of nitrogens with zero attached hydrogens (tertiary/aromatic N) is 7. The minimum Gasteiger partial charge on any atom is -0.305 e. The zero-order valence-electron chi connectivity index (χ0n) is 54.1. The Bertz CT molecular complexity index is 4890. The van der Waals surface area contributed by atoms with Gasteiger partial charge >= 0.3 is 0 Å². The Hall–Kier alpha value is -8.08. The quantitative estimate of drug-likeness (QED) is 0.0898. The normalized spacial score (nSPS) is 9.74. The van der Waals surface area contributed by atoms with Gasteiger partial charge in [-0.05, 0) is 116 Å². The molecule has 6 heterocycles. The molecular formula is C78H48F13Ir6N7-6. The summed E-state index contributed by atoms with van der Waals surface area (Å²) in [6.45, 7) is 16.0. The van der Waals surface area contributed by atoms with Crippen molar-refractivity contribution in [3.8, 4) is 78.7 Å². The summed E-state index contributed by atoms with van der Waals surface area (Å²) in [6, 6.07) is 57.6. The van der Waals surface area contributed by atoms with Gasteiger partial charge in [-0.1, -0.05) is 160 Å². The van der Waals surface area contributed by atoms with E-state index in [9.17, 15) is 57.1 Å². The molecule has 0 aliphatic carbocycles. The molecule has 13 rings (SSSR count). The average molecular weight is 2480 g/mol. The van der Waals surface area contributed by atoms with Gasteiger partial charge in [-0.3, -0.25) is 48.3 Å². The van der Waals surface area contributed by atoms with E-state index in [1.54, 1.807) is 111 Å². The molecule has 0 fully saturated rings. The predicted octanol–water partition coefficient (Wildman–Crippen LogP) is 20.8. The van der Waals surface area contributed by atoms with Crippen molar-refractivity contribution < 1.29 is 178 Å². The maximum absolute atomic E-state index is 14.8. The molecule has 0 unspecified atom stereocenters. The van der Waals surface area contributed by atoms with E-state index in [-0.39, 0.29) is 165 Å². The van der Waals surface area contributed by atoms with Crippen LogP contribution in [0.15, 0.2) is 201 Å². The van der Waals surface area contributed by atoms with Crippen LogP contribution >= 0.6 is 0 Å². The third kappa shape index (κ3) is 26.5. The van der Waals surface area contributed by atoms with E-state index >= 15 is 0 Å². The van der Waals surface area contributed by atoms with Crippen LogP contribution < -0.4 is 0 Å². The average Bonchev–Trinajstić information content (AvgIpc) is 0.792. The van der Waals surface area contributed by atoms with Gasteiger partial charge in [-0.25, -0.2) is 13.6 Å². The summed E-state index contributed by atoms with van der Waals surface area (Å²) >= 11 is 0. The van der Waals surface area contributed by atoms with Crippen molar-refractivity contribution >= 4 is 5.69 Å². The van der Waals surface area contributed by atoms with Crippen LogP contribution in [0.4, 0.5) is 62.8 Å². The van der Waals surface area contributed by atoms with Crippen molar-refractivity contribution in [3.63, 3.8) is 0 Å². The molecule has 6 radical (unpaired) electrons. The minimum atomic E-state index is -1.26. The third-order valence-corrected chi connectivity index (χ3v) is 13.4. The van der Waals surface area contributed by atoms with Crippen LogP contribution in [0.5, 0.6) is 0 Å². The number of aromatic nitrogens is 6. The van der Waals surface area contributed by atoms with Gasteiger partial charge in [0.25, 0.3) is 0 Å². The van der Waals surface area contributed by atoms with Crippen LogP contribution in [0.1, 0.15) is 28.2 Å². The summed E-state index contributed by atoms with van der Waals surface area (Å²) in [5.41, 5.74) is 7.76. The fourth-order valence-corrected chi connectivity index (χ4v) is 8.78.